The molecule has 20 heavy (non-hydrogen) atoms. The topological polar surface area (TPSA) is 34.1 Å². The highest BCUT2D eigenvalue weighted by Gasteiger charge is 2.15. The van der Waals surface area contributed by atoms with E-state index in [1.54, 1.807) is 14.2 Å². The molecule has 2 heterocycles. The molecule has 0 atom stereocenters. The van der Waals surface area contributed by atoms with Gasteiger partial charge in [-0.2, -0.15) is 0 Å². The van der Waals surface area contributed by atoms with Crippen LogP contribution < -0.4 is 9.47 Å². The van der Waals surface area contributed by atoms with Crippen molar-refractivity contribution in [2.45, 2.75) is 0 Å². The van der Waals surface area contributed by atoms with Gasteiger partial charge in [0.15, 0.2) is 11.5 Å². The van der Waals surface area contributed by atoms with Gasteiger partial charge in [0.2, 0.25) is 0 Å². The van der Waals surface area contributed by atoms with E-state index in [2.05, 4.69) is 16.0 Å². The van der Waals surface area contributed by atoms with Crippen molar-refractivity contribution in [2.75, 3.05) is 20.8 Å². The lowest BCUT2D eigenvalue weighted by Crippen LogP contribution is -2.28. The summed E-state index contributed by atoms with van der Waals surface area (Å²) in [4.78, 5) is 6.78. The molecular weight excluding hydrogens is 252 g/mol. The number of rotatable bonds is 3. The lowest BCUT2D eigenvalue weighted by atomic mass is 10.1. The maximum absolute atomic E-state index is 5.34. The van der Waals surface area contributed by atoms with Crippen molar-refractivity contribution in [1.29, 1.82) is 0 Å². The third-order valence-electron chi connectivity index (χ3n) is 3.31. The van der Waals surface area contributed by atoms with Gasteiger partial charge >= 0.3 is 0 Å². The van der Waals surface area contributed by atoms with Crippen LogP contribution in [0.3, 0.4) is 0 Å². The third-order valence-corrected chi connectivity index (χ3v) is 3.31. The number of nitrogens with zero attached hydrogens (tertiary/aromatic N) is 2. The highest BCUT2D eigenvalue weighted by atomic mass is 16.5. The van der Waals surface area contributed by atoms with E-state index in [0.717, 1.165) is 29.4 Å². The van der Waals surface area contributed by atoms with Gasteiger partial charge in [0.05, 0.1) is 19.9 Å². The number of aliphatic imine (C=N–C) groups is 1. The minimum Gasteiger partial charge on any atom is -0.493 e. The normalized spacial score (nSPS) is 16.4. The SMILES string of the molecule is COc1ccc(C2=CCN3C=CC=CC3=N2)cc1OC. The summed E-state index contributed by atoms with van der Waals surface area (Å²) in [6.07, 6.45) is 10.1. The molecule has 1 aromatic carbocycles. The van der Waals surface area contributed by atoms with Crippen LogP contribution in [-0.2, 0) is 0 Å². The monoisotopic (exact) mass is 268 g/mol. The van der Waals surface area contributed by atoms with Gasteiger partial charge in [-0.3, -0.25) is 0 Å². The number of fused-ring (bicyclic) bond motifs is 1. The van der Waals surface area contributed by atoms with E-state index in [1.807, 2.05) is 42.6 Å². The smallest absolute Gasteiger partial charge is 0.161 e. The maximum Gasteiger partial charge on any atom is 0.161 e. The van der Waals surface area contributed by atoms with E-state index in [0.29, 0.717) is 5.75 Å². The predicted molar refractivity (Wildman–Crippen MR) is 79.9 cm³/mol. The summed E-state index contributed by atoms with van der Waals surface area (Å²) in [7, 11) is 3.27. The molecule has 0 bridgehead atoms. The Hall–Kier alpha value is -2.49. The summed E-state index contributed by atoms with van der Waals surface area (Å²) in [5.74, 6) is 2.40. The van der Waals surface area contributed by atoms with E-state index in [4.69, 9.17) is 9.47 Å². The van der Waals surface area contributed by atoms with Crippen LogP contribution in [0.2, 0.25) is 0 Å². The lowest BCUT2D eigenvalue weighted by Gasteiger charge is -2.25. The fourth-order valence-electron chi connectivity index (χ4n) is 2.26. The van der Waals surface area contributed by atoms with E-state index in [-0.39, 0.29) is 0 Å². The van der Waals surface area contributed by atoms with E-state index < -0.39 is 0 Å². The molecule has 0 aliphatic carbocycles. The van der Waals surface area contributed by atoms with E-state index in [1.165, 1.54) is 0 Å². The zero-order chi connectivity index (χ0) is 13.9. The molecule has 1 aromatic rings. The van der Waals surface area contributed by atoms with Crippen molar-refractivity contribution in [3.8, 4) is 11.5 Å². The number of ether oxygens (including phenoxy) is 2. The number of amidine groups is 1. The molecule has 2 aliphatic heterocycles. The molecule has 0 aromatic heterocycles. The van der Waals surface area contributed by atoms with Crippen LogP contribution in [0, 0.1) is 0 Å². The molecule has 4 nitrogen and oxygen atoms in total. The Morgan fingerprint density at radius 1 is 1.10 bits per heavy atom. The third kappa shape index (κ3) is 2.20. The number of hydrogen-bond acceptors (Lipinski definition) is 4. The van der Waals surface area contributed by atoms with Crippen LogP contribution in [0.4, 0.5) is 0 Å². The molecule has 0 spiro atoms. The second kappa shape index (κ2) is 5.25. The molecule has 0 unspecified atom stereocenters. The number of allylic oxidation sites excluding steroid dienone is 2. The first-order valence-corrected chi connectivity index (χ1v) is 6.44. The molecule has 3 rings (SSSR count). The van der Waals surface area contributed by atoms with Gasteiger partial charge in [0.25, 0.3) is 0 Å². The second-order valence-corrected chi connectivity index (χ2v) is 4.48. The minimum atomic E-state index is 0.715. The molecule has 2 aliphatic rings. The molecular formula is C16H16N2O2. The summed E-state index contributed by atoms with van der Waals surface area (Å²) < 4.78 is 10.6. The molecule has 4 heteroatoms. The Morgan fingerprint density at radius 3 is 2.75 bits per heavy atom. The van der Waals surface area contributed by atoms with Crippen molar-refractivity contribution in [3.63, 3.8) is 0 Å². The molecule has 0 saturated heterocycles. The largest absolute Gasteiger partial charge is 0.493 e. The average Bonchev–Trinajstić information content (AvgIpc) is 2.53. The van der Waals surface area contributed by atoms with Gasteiger partial charge in [0, 0.05) is 18.3 Å². The Bertz CT molecular complexity index is 642. The van der Waals surface area contributed by atoms with Crippen molar-refractivity contribution in [1.82, 2.24) is 4.90 Å². The van der Waals surface area contributed by atoms with Gasteiger partial charge < -0.3 is 14.4 Å². The molecule has 0 saturated carbocycles. The minimum absolute atomic E-state index is 0.715. The van der Waals surface area contributed by atoms with Crippen molar-refractivity contribution in [2.24, 2.45) is 4.99 Å². The van der Waals surface area contributed by atoms with E-state index >= 15 is 0 Å². The number of benzene rings is 1. The summed E-state index contributed by atoms with van der Waals surface area (Å²) in [6, 6.07) is 5.85. The first-order chi connectivity index (χ1) is 9.81. The summed E-state index contributed by atoms with van der Waals surface area (Å²) in [5.41, 5.74) is 1.98. The van der Waals surface area contributed by atoms with Crippen LogP contribution in [0.1, 0.15) is 5.56 Å². The first-order valence-electron chi connectivity index (χ1n) is 6.44. The molecule has 102 valence electrons. The zero-order valence-electron chi connectivity index (χ0n) is 11.5. The van der Waals surface area contributed by atoms with E-state index in [9.17, 15) is 0 Å². The van der Waals surface area contributed by atoms with Crippen LogP contribution >= 0.6 is 0 Å². The fraction of sp³-hybridized carbons (Fsp3) is 0.188. The van der Waals surface area contributed by atoms with Gasteiger partial charge in [-0.25, -0.2) is 4.99 Å². The summed E-state index contributed by atoms with van der Waals surface area (Å²) in [6.45, 7) is 0.823. The molecule has 0 fully saturated rings. The van der Waals surface area contributed by atoms with Crippen LogP contribution in [-0.4, -0.2) is 31.5 Å². The average molecular weight is 268 g/mol. The van der Waals surface area contributed by atoms with Gasteiger partial charge in [-0.05, 0) is 36.4 Å². The van der Waals surface area contributed by atoms with Gasteiger partial charge in [-0.1, -0.05) is 6.08 Å². The van der Waals surface area contributed by atoms with Crippen LogP contribution in [0.25, 0.3) is 5.70 Å². The Balaban J connectivity index is 1.94. The summed E-state index contributed by atoms with van der Waals surface area (Å²) >= 11 is 0. The van der Waals surface area contributed by atoms with Crippen molar-refractivity contribution >= 4 is 11.5 Å². The molecule has 0 N–H and O–H groups in total. The summed E-state index contributed by atoms with van der Waals surface area (Å²) in [5, 5.41) is 0. The highest BCUT2D eigenvalue weighted by Crippen LogP contribution is 2.31. The fourth-order valence-corrected chi connectivity index (χ4v) is 2.26. The molecule has 0 amide bonds. The second-order valence-electron chi connectivity index (χ2n) is 4.48. The Kier molecular flexibility index (Phi) is 3.29. The van der Waals surface area contributed by atoms with Crippen LogP contribution in [0.15, 0.2) is 53.7 Å². The zero-order valence-corrected chi connectivity index (χ0v) is 11.5. The van der Waals surface area contributed by atoms with Gasteiger partial charge in [-0.15, -0.1) is 0 Å². The number of hydrogen-bond donors (Lipinski definition) is 0. The Labute approximate surface area is 118 Å². The van der Waals surface area contributed by atoms with Crippen LogP contribution in [0.5, 0.6) is 11.5 Å². The quantitative estimate of drug-likeness (QED) is 0.845. The molecule has 0 radical (unpaired) electrons. The predicted octanol–water partition coefficient (Wildman–Crippen LogP) is 2.84. The highest BCUT2D eigenvalue weighted by molar-refractivity contribution is 5.99. The van der Waals surface area contributed by atoms with Gasteiger partial charge in [0.1, 0.15) is 5.84 Å². The van der Waals surface area contributed by atoms with Crippen molar-refractivity contribution in [3.05, 3.63) is 54.3 Å². The standard InChI is InChI=1S/C16H16N2O2/c1-19-14-7-6-12(11-15(14)20-2)13-8-10-18-9-4-3-5-16(18)17-13/h3-9,11H,10H2,1-2H3. The maximum atomic E-state index is 5.34. The first kappa shape index (κ1) is 12.5. The lowest BCUT2D eigenvalue weighted by molar-refractivity contribution is 0.355. The van der Waals surface area contributed by atoms with Crippen molar-refractivity contribution < 1.29 is 9.47 Å². The number of methoxy groups -OCH3 is 2. The Morgan fingerprint density at radius 2 is 1.95 bits per heavy atom.